The Morgan fingerprint density at radius 1 is 1.30 bits per heavy atom. The van der Waals surface area contributed by atoms with Gasteiger partial charge in [-0.3, -0.25) is 4.79 Å². The third-order valence-corrected chi connectivity index (χ3v) is 3.54. The zero-order valence-corrected chi connectivity index (χ0v) is 12.6. The van der Waals surface area contributed by atoms with Gasteiger partial charge in [-0.1, -0.05) is 31.0 Å². The first kappa shape index (κ1) is 16.7. The van der Waals surface area contributed by atoms with E-state index in [-0.39, 0.29) is 18.6 Å². The number of rotatable bonds is 8. The van der Waals surface area contributed by atoms with Crippen LogP contribution in [0.25, 0.3) is 0 Å². The minimum Gasteiger partial charge on any atom is -0.396 e. The molecule has 0 saturated carbocycles. The van der Waals surface area contributed by atoms with Crippen LogP contribution in [0.4, 0.5) is 5.69 Å². The van der Waals surface area contributed by atoms with E-state index in [1.165, 1.54) is 5.56 Å². The quantitative estimate of drug-likeness (QED) is 0.684. The van der Waals surface area contributed by atoms with Crippen LogP contribution in [0.3, 0.4) is 0 Å². The van der Waals surface area contributed by atoms with Crippen LogP contribution in [0.15, 0.2) is 24.3 Å². The minimum absolute atomic E-state index is 0.0345. The molecule has 3 N–H and O–H groups in total. The Kier molecular flexibility index (Phi) is 7.26. The largest absolute Gasteiger partial charge is 0.396 e. The SMILES string of the molecule is CCC(CCO)CNC(C)C(=O)Nc1ccc(C)cc1. The molecule has 0 aliphatic carbocycles. The molecule has 0 fully saturated rings. The highest BCUT2D eigenvalue weighted by atomic mass is 16.3. The highest BCUT2D eigenvalue weighted by molar-refractivity contribution is 5.94. The molecule has 0 aromatic heterocycles. The van der Waals surface area contributed by atoms with Crippen LogP contribution < -0.4 is 10.6 Å². The molecule has 1 amide bonds. The van der Waals surface area contributed by atoms with Crippen molar-refractivity contribution in [2.45, 2.75) is 39.7 Å². The maximum absolute atomic E-state index is 12.0. The van der Waals surface area contributed by atoms with Crippen molar-refractivity contribution in [3.8, 4) is 0 Å². The molecule has 0 radical (unpaired) electrons. The predicted molar refractivity (Wildman–Crippen MR) is 82.8 cm³/mol. The summed E-state index contributed by atoms with van der Waals surface area (Å²) in [6.45, 7) is 6.92. The molecular weight excluding hydrogens is 252 g/mol. The third-order valence-electron chi connectivity index (χ3n) is 3.54. The first-order valence-corrected chi connectivity index (χ1v) is 7.28. The Morgan fingerprint density at radius 2 is 1.95 bits per heavy atom. The van der Waals surface area contributed by atoms with E-state index >= 15 is 0 Å². The van der Waals surface area contributed by atoms with Crippen LogP contribution >= 0.6 is 0 Å². The van der Waals surface area contributed by atoms with Crippen LogP contribution in [-0.2, 0) is 4.79 Å². The molecule has 1 aromatic carbocycles. The second kappa shape index (κ2) is 8.72. The fourth-order valence-electron chi connectivity index (χ4n) is 1.96. The molecule has 0 aliphatic heterocycles. The first-order valence-electron chi connectivity index (χ1n) is 7.28. The molecule has 0 heterocycles. The lowest BCUT2D eigenvalue weighted by Crippen LogP contribution is -2.40. The van der Waals surface area contributed by atoms with E-state index in [0.29, 0.717) is 5.92 Å². The first-order chi connectivity index (χ1) is 9.56. The topological polar surface area (TPSA) is 61.4 Å². The zero-order chi connectivity index (χ0) is 15.0. The Hall–Kier alpha value is -1.39. The van der Waals surface area contributed by atoms with Crippen molar-refractivity contribution in [2.24, 2.45) is 5.92 Å². The van der Waals surface area contributed by atoms with Gasteiger partial charge in [0.25, 0.3) is 0 Å². The van der Waals surface area contributed by atoms with E-state index in [4.69, 9.17) is 5.11 Å². The lowest BCUT2D eigenvalue weighted by atomic mass is 10.0. The second-order valence-corrected chi connectivity index (χ2v) is 5.27. The molecule has 0 saturated heterocycles. The molecule has 2 atom stereocenters. The predicted octanol–water partition coefficient (Wildman–Crippen LogP) is 2.32. The number of benzene rings is 1. The van der Waals surface area contributed by atoms with E-state index in [2.05, 4.69) is 17.6 Å². The normalized spacial score (nSPS) is 13.8. The maximum atomic E-state index is 12.0. The molecule has 112 valence electrons. The number of amides is 1. The molecular formula is C16H26N2O2. The average Bonchev–Trinajstić information content (AvgIpc) is 2.45. The van der Waals surface area contributed by atoms with Gasteiger partial charge >= 0.3 is 0 Å². The van der Waals surface area contributed by atoms with Gasteiger partial charge in [0, 0.05) is 12.3 Å². The average molecular weight is 278 g/mol. The fraction of sp³-hybridized carbons (Fsp3) is 0.562. The highest BCUT2D eigenvalue weighted by Crippen LogP contribution is 2.09. The van der Waals surface area contributed by atoms with Gasteiger partial charge in [-0.2, -0.15) is 0 Å². The summed E-state index contributed by atoms with van der Waals surface area (Å²) in [5, 5.41) is 15.1. The van der Waals surface area contributed by atoms with E-state index in [1.807, 2.05) is 38.1 Å². The molecule has 20 heavy (non-hydrogen) atoms. The van der Waals surface area contributed by atoms with Crippen molar-refractivity contribution in [2.75, 3.05) is 18.5 Å². The van der Waals surface area contributed by atoms with Crippen LogP contribution in [0.5, 0.6) is 0 Å². The number of aryl methyl sites for hydroxylation is 1. The lowest BCUT2D eigenvalue weighted by molar-refractivity contribution is -0.117. The molecule has 1 rings (SSSR count). The van der Waals surface area contributed by atoms with E-state index < -0.39 is 0 Å². The summed E-state index contributed by atoms with van der Waals surface area (Å²) in [6, 6.07) is 7.51. The molecule has 2 unspecified atom stereocenters. The number of carbonyl (C=O) groups is 1. The van der Waals surface area contributed by atoms with E-state index in [1.54, 1.807) is 0 Å². The van der Waals surface area contributed by atoms with Crippen molar-refractivity contribution < 1.29 is 9.90 Å². The Morgan fingerprint density at radius 3 is 2.50 bits per heavy atom. The standard InChI is InChI=1S/C16H26N2O2/c1-4-14(9-10-19)11-17-13(3)16(20)18-15-7-5-12(2)6-8-15/h5-8,13-14,17,19H,4,9-11H2,1-3H3,(H,18,20). The van der Waals surface area contributed by atoms with Gasteiger partial charge in [0.05, 0.1) is 6.04 Å². The highest BCUT2D eigenvalue weighted by Gasteiger charge is 2.14. The molecule has 0 spiro atoms. The van der Waals surface area contributed by atoms with Crippen molar-refractivity contribution in [1.82, 2.24) is 5.32 Å². The van der Waals surface area contributed by atoms with E-state index in [9.17, 15) is 4.79 Å². The second-order valence-electron chi connectivity index (χ2n) is 5.27. The zero-order valence-electron chi connectivity index (χ0n) is 12.6. The van der Waals surface area contributed by atoms with Crippen LogP contribution in [0, 0.1) is 12.8 Å². The van der Waals surface area contributed by atoms with Crippen molar-refractivity contribution >= 4 is 11.6 Å². The van der Waals surface area contributed by atoms with E-state index in [0.717, 1.165) is 25.1 Å². The van der Waals surface area contributed by atoms with Crippen molar-refractivity contribution in [3.05, 3.63) is 29.8 Å². The summed E-state index contributed by atoms with van der Waals surface area (Å²) in [5.41, 5.74) is 1.99. The number of aliphatic hydroxyl groups excluding tert-OH is 1. The van der Waals surface area contributed by atoms with Crippen molar-refractivity contribution in [3.63, 3.8) is 0 Å². The van der Waals surface area contributed by atoms with Crippen LogP contribution in [0.1, 0.15) is 32.3 Å². The fourth-order valence-corrected chi connectivity index (χ4v) is 1.96. The molecule has 0 bridgehead atoms. The van der Waals surface area contributed by atoms with Gasteiger partial charge < -0.3 is 15.7 Å². The molecule has 4 nitrogen and oxygen atoms in total. The molecule has 0 aliphatic rings. The van der Waals surface area contributed by atoms with Gasteiger partial charge in [-0.25, -0.2) is 0 Å². The summed E-state index contributed by atoms with van der Waals surface area (Å²) in [4.78, 5) is 12.0. The molecule has 1 aromatic rings. The lowest BCUT2D eigenvalue weighted by Gasteiger charge is -2.18. The molecule has 4 heteroatoms. The number of hydrogen-bond acceptors (Lipinski definition) is 3. The number of nitrogens with one attached hydrogen (secondary N) is 2. The monoisotopic (exact) mass is 278 g/mol. The summed E-state index contributed by atoms with van der Waals surface area (Å²) >= 11 is 0. The van der Waals surface area contributed by atoms with Crippen molar-refractivity contribution in [1.29, 1.82) is 0 Å². The van der Waals surface area contributed by atoms with Gasteiger partial charge in [-0.05, 0) is 44.9 Å². The Balaban J connectivity index is 2.40. The van der Waals surface area contributed by atoms with Crippen LogP contribution in [0.2, 0.25) is 0 Å². The summed E-state index contributed by atoms with van der Waals surface area (Å²) in [7, 11) is 0. The summed E-state index contributed by atoms with van der Waals surface area (Å²) in [6.07, 6.45) is 1.77. The van der Waals surface area contributed by atoms with Gasteiger partial charge in [0.15, 0.2) is 0 Å². The van der Waals surface area contributed by atoms with Gasteiger partial charge in [-0.15, -0.1) is 0 Å². The smallest absolute Gasteiger partial charge is 0.241 e. The number of anilines is 1. The minimum atomic E-state index is -0.246. The number of hydrogen-bond donors (Lipinski definition) is 3. The van der Waals surface area contributed by atoms with Gasteiger partial charge in [0.2, 0.25) is 5.91 Å². The number of carbonyl (C=O) groups excluding carboxylic acids is 1. The van der Waals surface area contributed by atoms with Gasteiger partial charge in [0.1, 0.15) is 0 Å². The summed E-state index contributed by atoms with van der Waals surface area (Å²) in [5.74, 6) is 0.377. The third kappa shape index (κ3) is 5.72. The summed E-state index contributed by atoms with van der Waals surface area (Å²) < 4.78 is 0. The Bertz CT molecular complexity index is 403. The maximum Gasteiger partial charge on any atom is 0.241 e. The Labute approximate surface area is 121 Å². The number of aliphatic hydroxyl groups is 1. The van der Waals surface area contributed by atoms with Crippen LogP contribution in [-0.4, -0.2) is 30.2 Å².